The van der Waals surface area contributed by atoms with Crippen LogP contribution in [0.5, 0.6) is 5.75 Å². The molecule has 3 fully saturated rings. The monoisotopic (exact) mass is 614 g/mol. The van der Waals surface area contributed by atoms with E-state index in [2.05, 4.69) is 65.9 Å². The third kappa shape index (κ3) is 6.36. The summed E-state index contributed by atoms with van der Waals surface area (Å²) in [6.45, 7) is 2.63. The minimum absolute atomic E-state index is 0.135. The van der Waals surface area contributed by atoms with E-state index in [-0.39, 0.29) is 5.91 Å². The molecule has 5 rings (SSSR count). The van der Waals surface area contributed by atoms with E-state index in [1.165, 1.54) is 44.1 Å². The number of nitrogens with zero attached hydrogens (tertiary/aromatic N) is 2. The Morgan fingerprint density at radius 1 is 1.00 bits per heavy atom. The molecule has 0 spiro atoms. The molecule has 4 nitrogen and oxygen atoms in total. The zero-order chi connectivity index (χ0) is 24.9. The van der Waals surface area contributed by atoms with Gasteiger partial charge in [0.25, 0.3) is 5.91 Å². The lowest BCUT2D eigenvalue weighted by atomic mass is 9.94. The van der Waals surface area contributed by atoms with Crippen LogP contribution in [0.15, 0.2) is 52.4 Å². The first-order valence-corrected chi connectivity index (χ1v) is 15.2. The topological polar surface area (TPSA) is 41.9 Å². The van der Waals surface area contributed by atoms with Gasteiger partial charge in [-0.25, -0.2) is 0 Å². The highest BCUT2D eigenvalue weighted by atomic mass is 127. The van der Waals surface area contributed by atoms with E-state index in [9.17, 15) is 4.79 Å². The van der Waals surface area contributed by atoms with Crippen molar-refractivity contribution in [2.45, 2.75) is 89.8 Å². The molecule has 2 aliphatic carbocycles. The Balaban J connectivity index is 1.33. The van der Waals surface area contributed by atoms with Crippen LogP contribution in [0.1, 0.15) is 80.9 Å². The van der Waals surface area contributed by atoms with E-state index in [1.54, 1.807) is 11.8 Å². The smallest absolute Gasteiger partial charge is 0.266 e. The van der Waals surface area contributed by atoms with Crippen molar-refractivity contribution in [3.63, 3.8) is 0 Å². The SMILES string of the molecule is Cc1ccc(COc2ccc(C=C3SC(=NC4CCCCC4)N(C4CCCCC4)C3=O)cc2I)cc1. The molecular formula is C30H35IN2O2S. The molecule has 1 saturated heterocycles. The summed E-state index contributed by atoms with van der Waals surface area (Å²) < 4.78 is 7.13. The van der Waals surface area contributed by atoms with Crippen LogP contribution in [0.2, 0.25) is 0 Å². The maximum atomic E-state index is 13.6. The van der Waals surface area contributed by atoms with Gasteiger partial charge in [0.1, 0.15) is 12.4 Å². The Morgan fingerprint density at radius 2 is 1.69 bits per heavy atom. The first kappa shape index (κ1) is 25.8. The second kappa shape index (κ2) is 12.2. The number of carbonyl (C=O) groups is 1. The van der Waals surface area contributed by atoms with Crippen LogP contribution in [0.3, 0.4) is 0 Å². The van der Waals surface area contributed by atoms with Crippen molar-refractivity contribution in [1.82, 2.24) is 4.90 Å². The van der Waals surface area contributed by atoms with Gasteiger partial charge in [-0.3, -0.25) is 14.7 Å². The summed E-state index contributed by atoms with van der Waals surface area (Å²) >= 11 is 3.91. The molecule has 6 heteroatoms. The van der Waals surface area contributed by atoms with Gasteiger partial charge >= 0.3 is 0 Å². The van der Waals surface area contributed by atoms with Crippen LogP contribution in [0.4, 0.5) is 0 Å². The average molecular weight is 615 g/mol. The van der Waals surface area contributed by atoms with Crippen molar-refractivity contribution in [3.05, 3.63) is 67.6 Å². The van der Waals surface area contributed by atoms with Crippen molar-refractivity contribution in [2.24, 2.45) is 4.99 Å². The highest BCUT2D eigenvalue weighted by Gasteiger charge is 2.39. The van der Waals surface area contributed by atoms with Crippen molar-refractivity contribution >= 4 is 51.5 Å². The first-order chi connectivity index (χ1) is 17.6. The summed E-state index contributed by atoms with van der Waals surface area (Å²) in [7, 11) is 0. The van der Waals surface area contributed by atoms with Crippen LogP contribution < -0.4 is 4.74 Å². The van der Waals surface area contributed by atoms with Crippen LogP contribution in [-0.2, 0) is 11.4 Å². The lowest BCUT2D eigenvalue weighted by Crippen LogP contribution is -2.41. The predicted octanol–water partition coefficient (Wildman–Crippen LogP) is 8.12. The van der Waals surface area contributed by atoms with Crippen molar-refractivity contribution in [3.8, 4) is 5.75 Å². The van der Waals surface area contributed by atoms with Crippen molar-refractivity contribution in [2.75, 3.05) is 0 Å². The van der Waals surface area contributed by atoms with Gasteiger partial charge in [0, 0.05) is 6.04 Å². The molecule has 0 unspecified atom stereocenters. The molecule has 0 bridgehead atoms. The van der Waals surface area contributed by atoms with Crippen molar-refractivity contribution < 1.29 is 9.53 Å². The highest BCUT2D eigenvalue weighted by molar-refractivity contribution is 14.1. The number of aliphatic imine (C=N–C) groups is 1. The average Bonchev–Trinajstić information content (AvgIpc) is 3.19. The quantitative estimate of drug-likeness (QED) is 0.244. The fourth-order valence-electron chi connectivity index (χ4n) is 5.32. The van der Waals surface area contributed by atoms with Gasteiger partial charge in [-0.15, -0.1) is 0 Å². The number of thioether (sulfide) groups is 1. The van der Waals surface area contributed by atoms with Crippen molar-refractivity contribution in [1.29, 1.82) is 0 Å². The maximum Gasteiger partial charge on any atom is 0.266 e. The third-order valence-electron chi connectivity index (χ3n) is 7.41. The molecule has 3 aliphatic rings. The molecule has 1 aliphatic heterocycles. The Hall–Kier alpha value is -1.80. The maximum absolute atomic E-state index is 13.6. The number of benzene rings is 2. The summed E-state index contributed by atoms with van der Waals surface area (Å²) in [6, 6.07) is 15.3. The van der Waals surface area contributed by atoms with Gasteiger partial charge in [0.15, 0.2) is 5.17 Å². The normalized spacial score (nSPS) is 22.1. The van der Waals surface area contributed by atoms with Crippen LogP contribution >= 0.6 is 34.4 Å². The van der Waals surface area contributed by atoms with E-state index < -0.39 is 0 Å². The fourth-order valence-corrected chi connectivity index (χ4v) is 7.13. The third-order valence-corrected chi connectivity index (χ3v) is 9.25. The van der Waals surface area contributed by atoms with E-state index in [0.717, 1.165) is 56.2 Å². The molecule has 2 aromatic carbocycles. The van der Waals surface area contributed by atoms with Gasteiger partial charge in [0.2, 0.25) is 0 Å². The Morgan fingerprint density at radius 3 is 2.39 bits per heavy atom. The van der Waals surface area contributed by atoms with E-state index >= 15 is 0 Å². The number of amidine groups is 1. The largest absolute Gasteiger partial charge is 0.488 e. The van der Waals surface area contributed by atoms with E-state index in [1.807, 2.05) is 17.0 Å². The van der Waals surface area contributed by atoms with Crippen LogP contribution in [0, 0.1) is 10.5 Å². The predicted molar refractivity (Wildman–Crippen MR) is 158 cm³/mol. The molecule has 1 amide bonds. The summed E-state index contributed by atoms with van der Waals surface area (Å²) in [4.78, 5) is 21.6. The second-order valence-corrected chi connectivity index (χ2v) is 12.4. The molecule has 1 heterocycles. The lowest BCUT2D eigenvalue weighted by Gasteiger charge is -2.31. The standard InChI is InChI=1S/C30H35IN2O2S/c1-21-12-14-22(15-13-21)20-35-27-17-16-23(18-26(27)31)19-28-29(34)33(25-10-6-3-7-11-25)30(36-28)32-24-8-4-2-5-9-24/h12-19,24-25H,2-11,20H2,1H3. The number of ether oxygens (including phenoxy) is 1. The lowest BCUT2D eigenvalue weighted by molar-refractivity contribution is -0.124. The molecule has 2 aromatic rings. The van der Waals surface area contributed by atoms with Gasteiger partial charge in [-0.2, -0.15) is 0 Å². The van der Waals surface area contributed by atoms with Crippen LogP contribution in [0.25, 0.3) is 6.08 Å². The van der Waals surface area contributed by atoms with Gasteiger partial charge in [0.05, 0.1) is 14.5 Å². The minimum atomic E-state index is 0.135. The number of hydrogen-bond acceptors (Lipinski definition) is 4. The molecule has 0 N–H and O–H groups in total. The second-order valence-electron chi connectivity index (χ2n) is 10.2. The zero-order valence-corrected chi connectivity index (χ0v) is 24.0. The van der Waals surface area contributed by atoms with Gasteiger partial charge < -0.3 is 4.74 Å². The fraction of sp³-hybridized carbons (Fsp3) is 0.467. The number of carbonyl (C=O) groups excluding carboxylic acids is 1. The number of amides is 1. The first-order valence-electron chi connectivity index (χ1n) is 13.4. The Labute approximate surface area is 233 Å². The number of aryl methyl sites for hydroxylation is 1. The summed E-state index contributed by atoms with van der Waals surface area (Å²) in [5.74, 6) is 1.00. The summed E-state index contributed by atoms with van der Waals surface area (Å²) in [5, 5.41) is 0.942. The molecule has 0 aromatic heterocycles. The zero-order valence-electron chi connectivity index (χ0n) is 21.0. The molecule has 36 heavy (non-hydrogen) atoms. The van der Waals surface area contributed by atoms with Gasteiger partial charge in [-0.1, -0.05) is 74.4 Å². The Kier molecular flexibility index (Phi) is 8.73. The van der Waals surface area contributed by atoms with Crippen LogP contribution in [-0.4, -0.2) is 28.1 Å². The molecular weight excluding hydrogens is 579 g/mol. The number of hydrogen-bond donors (Lipinski definition) is 0. The molecule has 2 saturated carbocycles. The summed E-state index contributed by atoms with van der Waals surface area (Å²) in [6.07, 6.45) is 14.0. The minimum Gasteiger partial charge on any atom is -0.488 e. The molecule has 190 valence electrons. The van der Waals surface area contributed by atoms with E-state index in [0.29, 0.717) is 18.7 Å². The molecule has 0 radical (unpaired) electrons. The van der Waals surface area contributed by atoms with Gasteiger partial charge in [-0.05, 0) is 96.3 Å². The highest BCUT2D eigenvalue weighted by Crippen LogP contribution is 2.39. The van der Waals surface area contributed by atoms with E-state index in [4.69, 9.17) is 9.73 Å². The number of halogens is 1. The Bertz CT molecular complexity index is 1130. The number of rotatable bonds is 6. The summed E-state index contributed by atoms with van der Waals surface area (Å²) in [5.41, 5.74) is 3.43. The molecule has 0 atom stereocenters.